The Balaban J connectivity index is 1.62. The fourth-order valence-corrected chi connectivity index (χ4v) is 3.59. The molecule has 1 aliphatic rings. The van der Waals surface area contributed by atoms with Crippen molar-refractivity contribution in [2.45, 2.75) is 20.8 Å². The molecule has 1 aliphatic heterocycles. The van der Waals surface area contributed by atoms with E-state index < -0.39 is 0 Å². The zero-order valence-electron chi connectivity index (χ0n) is 16.7. The first kappa shape index (κ1) is 19.0. The van der Waals surface area contributed by atoms with Crippen LogP contribution in [-0.4, -0.2) is 44.1 Å². The second-order valence-corrected chi connectivity index (χ2v) is 7.16. The monoisotopic (exact) mass is 364 g/mol. The summed E-state index contributed by atoms with van der Waals surface area (Å²) in [7, 11) is 1.67. The number of rotatable bonds is 4. The van der Waals surface area contributed by atoms with Crippen LogP contribution in [0.3, 0.4) is 0 Å². The van der Waals surface area contributed by atoms with Crippen molar-refractivity contribution in [1.82, 2.24) is 4.90 Å². The van der Waals surface area contributed by atoms with Crippen molar-refractivity contribution in [3.8, 4) is 5.75 Å². The minimum Gasteiger partial charge on any atom is -0.497 e. The van der Waals surface area contributed by atoms with E-state index in [1.807, 2.05) is 37.0 Å². The summed E-state index contributed by atoms with van der Waals surface area (Å²) >= 11 is 0. The minimum absolute atomic E-state index is 0.0773. The third-order valence-corrected chi connectivity index (χ3v) is 5.15. The first-order chi connectivity index (χ1) is 13.0. The van der Waals surface area contributed by atoms with Gasteiger partial charge in [0.1, 0.15) is 5.75 Å². The van der Waals surface area contributed by atoms with Crippen LogP contribution in [0.25, 0.3) is 6.08 Å². The number of carbonyl (C=O) groups is 1. The number of hydrogen-bond donors (Lipinski definition) is 0. The maximum Gasteiger partial charge on any atom is 0.246 e. The molecule has 0 radical (unpaired) electrons. The molecule has 142 valence electrons. The highest BCUT2D eigenvalue weighted by atomic mass is 16.5. The van der Waals surface area contributed by atoms with Crippen LogP contribution < -0.4 is 9.64 Å². The molecular weight excluding hydrogens is 336 g/mol. The van der Waals surface area contributed by atoms with Crippen LogP contribution in [0.4, 0.5) is 5.69 Å². The van der Waals surface area contributed by atoms with Crippen molar-refractivity contribution in [3.63, 3.8) is 0 Å². The highest BCUT2D eigenvalue weighted by Crippen LogP contribution is 2.23. The number of anilines is 1. The van der Waals surface area contributed by atoms with Gasteiger partial charge >= 0.3 is 0 Å². The van der Waals surface area contributed by atoms with Gasteiger partial charge in [0.15, 0.2) is 0 Å². The molecule has 0 saturated carbocycles. The number of aryl methyl sites for hydroxylation is 3. The van der Waals surface area contributed by atoms with E-state index in [0.29, 0.717) is 0 Å². The first-order valence-corrected chi connectivity index (χ1v) is 9.42. The summed E-state index contributed by atoms with van der Waals surface area (Å²) in [6, 6.07) is 12.5. The number of amides is 1. The van der Waals surface area contributed by atoms with Crippen molar-refractivity contribution in [2.75, 3.05) is 38.2 Å². The molecule has 2 aromatic carbocycles. The van der Waals surface area contributed by atoms with Gasteiger partial charge in [-0.1, -0.05) is 12.1 Å². The summed E-state index contributed by atoms with van der Waals surface area (Å²) in [4.78, 5) is 16.9. The third kappa shape index (κ3) is 4.51. The summed E-state index contributed by atoms with van der Waals surface area (Å²) in [5.41, 5.74) is 5.81. The van der Waals surface area contributed by atoms with Gasteiger partial charge in [0, 0.05) is 37.9 Å². The van der Waals surface area contributed by atoms with E-state index in [1.54, 1.807) is 13.2 Å². The molecule has 27 heavy (non-hydrogen) atoms. The Morgan fingerprint density at radius 2 is 1.67 bits per heavy atom. The van der Waals surface area contributed by atoms with Gasteiger partial charge in [-0.05, 0) is 73.4 Å². The number of carbonyl (C=O) groups excluding carboxylic acids is 1. The summed E-state index contributed by atoms with van der Waals surface area (Å²) in [6.07, 6.45) is 3.63. The lowest BCUT2D eigenvalue weighted by Crippen LogP contribution is -2.48. The Kier molecular flexibility index (Phi) is 5.84. The predicted molar refractivity (Wildman–Crippen MR) is 111 cm³/mol. The van der Waals surface area contributed by atoms with Gasteiger partial charge in [-0.2, -0.15) is 0 Å². The minimum atomic E-state index is 0.0773. The molecule has 0 spiro atoms. The van der Waals surface area contributed by atoms with Gasteiger partial charge < -0.3 is 14.5 Å². The van der Waals surface area contributed by atoms with Crippen molar-refractivity contribution in [2.24, 2.45) is 0 Å². The van der Waals surface area contributed by atoms with Crippen LogP contribution in [0.2, 0.25) is 0 Å². The van der Waals surface area contributed by atoms with Gasteiger partial charge in [0.2, 0.25) is 5.91 Å². The van der Waals surface area contributed by atoms with E-state index in [0.717, 1.165) is 48.6 Å². The van der Waals surface area contributed by atoms with Gasteiger partial charge in [-0.15, -0.1) is 0 Å². The Labute approximate surface area is 162 Å². The Morgan fingerprint density at radius 3 is 2.26 bits per heavy atom. The maximum absolute atomic E-state index is 12.6. The Morgan fingerprint density at radius 1 is 1.00 bits per heavy atom. The smallest absolute Gasteiger partial charge is 0.246 e. The van der Waals surface area contributed by atoms with E-state index in [2.05, 4.69) is 36.1 Å². The van der Waals surface area contributed by atoms with Crippen molar-refractivity contribution in [3.05, 3.63) is 64.7 Å². The predicted octanol–water partition coefficient (Wildman–Crippen LogP) is 3.98. The normalized spacial score (nSPS) is 14.7. The highest BCUT2D eigenvalue weighted by molar-refractivity contribution is 5.92. The molecule has 1 heterocycles. The number of ether oxygens (including phenoxy) is 1. The van der Waals surface area contributed by atoms with Crippen molar-refractivity contribution >= 4 is 17.7 Å². The number of piperazine rings is 1. The topological polar surface area (TPSA) is 32.8 Å². The number of methoxy groups -OCH3 is 1. The molecule has 1 amide bonds. The molecule has 4 heteroatoms. The molecule has 1 fully saturated rings. The van der Waals surface area contributed by atoms with Crippen LogP contribution in [0.15, 0.2) is 42.5 Å². The molecule has 3 rings (SSSR count). The second kappa shape index (κ2) is 8.30. The molecule has 0 aromatic heterocycles. The summed E-state index contributed by atoms with van der Waals surface area (Å²) in [5, 5.41) is 0. The van der Waals surface area contributed by atoms with Gasteiger partial charge in [0.25, 0.3) is 0 Å². The van der Waals surface area contributed by atoms with E-state index in [9.17, 15) is 4.79 Å². The molecule has 2 aromatic rings. The molecular formula is C23H28N2O2. The van der Waals surface area contributed by atoms with Gasteiger partial charge in [-0.25, -0.2) is 0 Å². The largest absolute Gasteiger partial charge is 0.497 e. The lowest BCUT2D eigenvalue weighted by Gasteiger charge is -2.35. The standard InChI is InChI=1S/C23H28N2O2/c1-17-6-5-7-20(14-17)24-10-12-25(13-11-24)23(26)9-8-22-18(2)15-21(27-4)16-19(22)3/h5-9,14-16H,10-13H2,1-4H3/b9-8+. The van der Waals surface area contributed by atoms with Crippen LogP contribution in [-0.2, 0) is 4.79 Å². The molecule has 0 aliphatic carbocycles. The van der Waals surface area contributed by atoms with Crippen LogP contribution in [0, 0.1) is 20.8 Å². The number of nitrogens with zero attached hydrogens (tertiary/aromatic N) is 2. The Hall–Kier alpha value is -2.75. The quantitative estimate of drug-likeness (QED) is 0.769. The molecule has 0 N–H and O–H groups in total. The van der Waals surface area contributed by atoms with E-state index in [-0.39, 0.29) is 5.91 Å². The van der Waals surface area contributed by atoms with E-state index in [4.69, 9.17) is 4.74 Å². The summed E-state index contributed by atoms with van der Waals surface area (Å²) in [5.74, 6) is 0.925. The van der Waals surface area contributed by atoms with Crippen molar-refractivity contribution in [1.29, 1.82) is 0 Å². The van der Waals surface area contributed by atoms with Gasteiger partial charge in [-0.3, -0.25) is 4.79 Å². The summed E-state index contributed by atoms with van der Waals surface area (Å²) in [6.45, 7) is 9.42. The molecule has 4 nitrogen and oxygen atoms in total. The van der Waals surface area contributed by atoms with Crippen molar-refractivity contribution < 1.29 is 9.53 Å². The van der Waals surface area contributed by atoms with E-state index >= 15 is 0 Å². The lowest BCUT2D eigenvalue weighted by molar-refractivity contribution is -0.126. The maximum atomic E-state index is 12.6. The average Bonchev–Trinajstić information content (AvgIpc) is 2.67. The van der Waals surface area contributed by atoms with E-state index in [1.165, 1.54) is 11.3 Å². The molecule has 1 saturated heterocycles. The fourth-order valence-electron chi connectivity index (χ4n) is 3.59. The number of hydrogen-bond acceptors (Lipinski definition) is 3. The van der Waals surface area contributed by atoms with Crippen LogP contribution in [0.5, 0.6) is 5.75 Å². The SMILES string of the molecule is COc1cc(C)c(/C=C/C(=O)N2CCN(c3cccc(C)c3)CC2)c(C)c1. The first-order valence-electron chi connectivity index (χ1n) is 9.42. The zero-order chi connectivity index (χ0) is 19.4. The lowest BCUT2D eigenvalue weighted by atomic mass is 10.0. The average molecular weight is 364 g/mol. The Bertz CT molecular complexity index is 826. The third-order valence-electron chi connectivity index (χ3n) is 5.15. The summed E-state index contributed by atoms with van der Waals surface area (Å²) < 4.78 is 5.30. The van der Waals surface area contributed by atoms with Crippen LogP contribution in [0.1, 0.15) is 22.3 Å². The number of benzene rings is 2. The molecule has 0 atom stereocenters. The zero-order valence-corrected chi connectivity index (χ0v) is 16.7. The van der Waals surface area contributed by atoms with Gasteiger partial charge in [0.05, 0.1) is 7.11 Å². The highest BCUT2D eigenvalue weighted by Gasteiger charge is 2.20. The molecule has 0 unspecified atom stereocenters. The fraction of sp³-hybridized carbons (Fsp3) is 0.348. The van der Waals surface area contributed by atoms with Crippen LogP contribution >= 0.6 is 0 Å². The second-order valence-electron chi connectivity index (χ2n) is 7.16. The molecule has 0 bridgehead atoms.